The predicted molar refractivity (Wildman–Crippen MR) is 101 cm³/mol. The Labute approximate surface area is 162 Å². The van der Waals surface area contributed by atoms with Crippen LogP contribution in [0.1, 0.15) is 29.8 Å². The fraction of sp³-hybridized carbons (Fsp3) is 0.526. The van der Waals surface area contributed by atoms with Crippen molar-refractivity contribution >= 4 is 23.2 Å². The maximum absolute atomic E-state index is 12.7. The smallest absolute Gasteiger partial charge is 0.249 e. The van der Waals surface area contributed by atoms with Crippen molar-refractivity contribution in [2.24, 2.45) is 7.05 Å². The number of likely N-dealkylation sites (tertiary alicyclic amines) is 1. The Balaban J connectivity index is 1.30. The van der Waals surface area contributed by atoms with Crippen molar-refractivity contribution in [3.63, 3.8) is 0 Å². The highest BCUT2D eigenvalue weighted by atomic mass is 32.1. The summed E-state index contributed by atoms with van der Waals surface area (Å²) in [7, 11) is 1.85. The third-order valence-corrected chi connectivity index (χ3v) is 6.15. The zero-order chi connectivity index (χ0) is 18.8. The molecule has 2 aliphatic rings. The Hall–Kier alpha value is -2.19. The molecule has 0 bridgehead atoms. The van der Waals surface area contributed by atoms with Gasteiger partial charge in [-0.25, -0.2) is 0 Å². The average molecular weight is 388 g/mol. The van der Waals surface area contributed by atoms with Crippen LogP contribution in [0.15, 0.2) is 29.8 Å². The maximum atomic E-state index is 12.7. The summed E-state index contributed by atoms with van der Waals surface area (Å²) < 4.78 is 7.76. The van der Waals surface area contributed by atoms with Crippen molar-refractivity contribution in [2.75, 3.05) is 6.54 Å². The largest absolute Gasteiger partial charge is 0.363 e. The van der Waals surface area contributed by atoms with Crippen molar-refractivity contribution in [1.82, 2.24) is 20.0 Å². The van der Waals surface area contributed by atoms with Crippen LogP contribution < -0.4 is 5.32 Å². The van der Waals surface area contributed by atoms with Gasteiger partial charge in [-0.05, 0) is 36.8 Å². The number of carbonyl (C=O) groups is 2. The second-order valence-electron chi connectivity index (χ2n) is 7.14. The molecule has 0 aromatic carbocycles. The molecule has 2 aromatic rings. The number of rotatable bonds is 5. The summed E-state index contributed by atoms with van der Waals surface area (Å²) in [4.78, 5) is 28.1. The fourth-order valence-electron chi connectivity index (χ4n) is 3.94. The van der Waals surface area contributed by atoms with Gasteiger partial charge in [0.05, 0.1) is 30.8 Å². The number of fused-ring (bicyclic) bond motifs is 1. The van der Waals surface area contributed by atoms with Crippen LogP contribution in [0.3, 0.4) is 0 Å². The van der Waals surface area contributed by atoms with E-state index in [0.717, 1.165) is 23.4 Å². The van der Waals surface area contributed by atoms with E-state index in [4.69, 9.17) is 4.74 Å². The van der Waals surface area contributed by atoms with Gasteiger partial charge in [-0.2, -0.15) is 5.10 Å². The minimum absolute atomic E-state index is 0.0519. The number of aromatic nitrogens is 2. The van der Waals surface area contributed by atoms with Crippen LogP contribution in [0, 0.1) is 0 Å². The number of carbonyl (C=O) groups excluding carboxylic acids is 2. The van der Waals surface area contributed by atoms with Gasteiger partial charge < -0.3 is 15.0 Å². The van der Waals surface area contributed by atoms with E-state index in [2.05, 4.69) is 10.4 Å². The van der Waals surface area contributed by atoms with E-state index in [-0.39, 0.29) is 24.0 Å². The maximum Gasteiger partial charge on any atom is 0.249 e. The second-order valence-corrected chi connectivity index (χ2v) is 8.17. The van der Waals surface area contributed by atoms with Gasteiger partial charge >= 0.3 is 0 Å². The van der Waals surface area contributed by atoms with Crippen LogP contribution in [-0.4, -0.2) is 51.3 Å². The van der Waals surface area contributed by atoms with Crippen molar-refractivity contribution in [1.29, 1.82) is 0 Å². The Morgan fingerprint density at radius 1 is 1.33 bits per heavy atom. The quantitative estimate of drug-likeness (QED) is 0.842. The Bertz CT molecular complexity index is 804. The van der Waals surface area contributed by atoms with Crippen molar-refractivity contribution < 1.29 is 14.3 Å². The number of amides is 2. The van der Waals surface area contributed by atoms with Gasteiger partial charge in [-0.3, -0.25) is 14.3 Å². The molecule has 2 amide bonds. The zero-order valence-electron chi connectivity index (χ0n) is 15.3. The van der Waals surface area contributed by atoms with Gasteiger partial charge in [-0.15, -0.1) is 11.3 Å². The molecule has 27 heavy (non-hydrogen) atoms. The molecule has 7 nitrogen and oxygen atoms in total. The molecule has 4 heterocycles. The van der Waals surface area contributed by atoms with E-state index in [0.29, 0.717) is 25.9 Å². The van der Waals surface area contributed by atoms with Crippen LogP contribution in [0.4, 0.5) is 0 Å². The summed E-state index contributed by atoms with van der Waals surface area (Å²) in [5, 5.41) is 9.25. The first kappa shape index (κ1) is 18.2. The van der Waals surface area contributed by atoms with Crippen LogP contribution in [0.2, 0.25) is 0 Å². The van der Waals surface area contributed by atoms with E-state index >= 15 is 0 Å². The van der Waals surface area contributed by atoms with Crippen molar-refractivity contribution in [3.8, 4) is 0 Å². The third kappa shape index (κ3) is 4.06. The summed E-state index contributed by atoms with van der Waals surface area (Å²) in [6, 6.07) is 5.92. The van der Waals surface area contributed by atoms with Gasteiger partial charge in [0, 0.05) is 24.7 Å². The third-order valence-electron chi connectivity index (χ3n) is 5.28. The molecule has 8 heteroatoms. The first-order chi connectivity index (χ1) is 13.1. The molecule has 4 rings (SSSR count). The van der Waals surface area contributed by atoms with E-state index in [1.165, 1.54) is 0 Å². The average Bonchev–Trinajstić information content (AvgIpc) is 3.40. The lowest BCUT2D eigenvalue weighted by molar-refractivity contribution is -0.147. The number of thiophene rings is 1. The number of nitrogens with one attached hydrogen (secondary N) is 1. The summed E-state index contributed by atoms with van der Waals surface area (Å²) in [5.41, 5.74) is 0.786. The minimum atomic E-state index is -0.419. The number of aryl methyl sites for hydroxylation is 1. The molecule has 2 fully saturated rings. The highest BCUT2D eigenvalue weighted by Crippen LogP contribution is 2.32. The normalized spacial score (nSPS) is 24.6. The van der Waals surface area contributed by atoms with Gasteiger partial charge in [0.2, 0.25) is 11.8 Å². The molecule has 0 radical (unpaired) electrons. The molecule has 0 spiro atoms. The molecule has 0 aliphatic carbocycles. The lowest BCUT2D eigenvalue weighted by atomic mass is 9.98. The van der Waals surface area contributed by atoms with Crippen molar-refractivity contribution in [3.05, 3.63) is 40.3 Å². The van der Waals surface area contributed by atoms with Gasteiger partial charge in [0.25, 0.3) is 0 Å². The van der Waals surface area contributed by atoms with E-state index in [1.807, 2.05) is 41.7 Å². The number of nitrogens with zero attached hydrogens (tertiary/aromatic N) is 3. The van der Waals surface area contributed by atoms with E-state index < -0.39 is 6.10 Å². The molecule has 144 valence electrons. The standard InChI is InChI=1S/C19H24N4O3S/c1-22-8-6-13(21-22)11-18(24)23-9-7-16-15(23)4-5-17(26-16)19(25)20-12-14-3-2-10-27-14/h2-3,6,8,10,15-17H,4-5,7,9,11-12H2,1H3,(H,20,25)/t15-,16-,17+/m1/s1. The monoisotopic (exact) mass is 388 g/mol. The molecule has 2 saturated heterocycles. The predicted octanol–water partition coefficient (Wildman–Crippen LogP) is 1.49. The van der Waals surface area contributed by atoms with Crippen LogP contribution in [0.25, 0.3) is 0 Å². The Morgan fingerprint density at radius 3 is 2.96 bits per heavy atom. The number of hydrogen-bond acceptors (Lipinski definition) is 5. The molecule has 2 aliphatic heterocycles. The summed E-state index contributed by atoms with van der Waals surface area (Å²) in [6.45, 7) is 1.23. The van der Waals surface area contributed by atoms with E-state index in [1.54, 1.807) is 16.0 Å². The summed E-state index contributed by atoms with van der Waals surface area (Å²) >= 11 is 1.63. The summed E-state index contributed by atoms with van der Waals surface area (Å²) in [5.74, 6) is 0.0329. The molecular formula is C19H24N4O3S. The SMILES string of the molecule is Cn1ccc(CC(=O)N2CC[C@H]3O[C@H](C(=O)NCc4cccs4)CC[C@H]32)n1. The molecule has 0 unspecified atom stereocenters. The Kier molecular flexibility index (Phi) is 5.27. The van der Waals surface area contributed by atoms with Crippen molar-refractivity contribution in [2.45, 2.75) is 50.5 Å². The fourth-order valence-corrected chi connectivity index (χ4v) is 4.59. The molecule has 1 N–H and O–H groups in total. The van der Waals surface area contributed by atoms with Gasteiger partial charge in [0.15, 0.2) is 0 Å². The van der Waals surface area contributed by atoms with Crippen LogP contribution in [-0.2, 0) is 34.3 Å². The molecule has 2 aromatic heterocycles. The second kappa shape index (κ2) is 7.82. The highest BCUT2D eigenvalue weighted by Gasteiger charge is 2.43. The lowest BCUT2D eigenvalue weighted by Gasteiger charge is -2.35. The minimum Gasteiger partial charge on any atom is -0.363 e. The Morgan fingerprint density at radius 2 is 2.22 bits per heavy atom. The van der Waals surface area contributed by atoms with Gasteiger partial charge in [0.1, 0.15) is 6.10 Å². The summed E-state index contributed by atoms with van der Waals surface area (Å²) in [6.07, 6.45) is 3.92. The first-order valence-corrected chi connectivity index (χ1v) is 10.2. The zero-order valence-corrected chi connectivity index (χ0v) is 16.2. The molecule has 0 saturated carbocycles. The topological polar surface area (TPSA) is 76.5 Å². The highest BCUT2D eigenvalue weighted by molar-refractivity contribution is 7.09. The van der Waals surface area contributed by atoms with E-state index in [9.17, 15) is 9.59 Å². The number of hydrogen-bond donors (Lipinski definition) is 1. The first-order valence-electron chi connectivity index (χ1n) is 9.33. The number of ether oxygens (including phenoxy) is 1. The van der Waals surface area contributed by atoms with Gasteiger partial charge in [-0.1, -0.05) is 6.07 Å². The van der Waals surface area contributed by atoms with Crippen LogP contribution >= 0.6 is 11.3 Å². The molecular weight excluding hydrogens is 364 g/mol. The lowest BCUT2D eigenvalue weighted by Crippen LogP contribution is -2.49. The van der Waals surface area contributed by atoms with Crippen LogP contribution in [0.5, 0.6) is 0 Å². The molecule has 3 atom stereocenters.